The van der Waals surface area contributed by atoms with E-state index in [0.29, 0.717) is 10.9 Å². The maximum Gasteiger partial charge on any atom is 0.0572 e. The van der Waals surface area contributed by atoms with Gasteiger partial charge in [-0.1, -0.05) is 12.8 Å². The van der Waals surface area contributed by atoms with Gasteiger partial charge in [0, 0.05) is 15.4 Å². The molecular formula is C11H14BrNOS. The van der Waals surface area contributed by atoms with Crippen molar-refractivity contribution in [2.45, 2.75) is 35.8 Å². The first-order chi connectivity index (χ1) is 7.18. The van der Waals surface area contributed by atoms with E-state index in [-0.39, 0.29) is 0 Å². The molecule has 0 spiro atoms. The molecule has 2 N–H and O–H groups in total. The van der Waals surface area contributed by atoms with Crippen molar-refractivity contribution in [3.05, 3.63) is 22.7 Å². The predicted molar refractivity (Wildman–Crippen MR) is 67.2 cm³/mol. The Morgan fingerprint density at radius 3 is 2.60 bits per heavy atom. The number of hydrogen-bond donors (Lipinski definition) is 1. The fourth-order valence-electron chi connectivity index (χ4n) is 1.96. The van der Waals surface area contributed by atoms with Gasteiger partial charge in [-0.3, -0.25) is 4.21 Å². The molecule has 0 aromatic heterocycles. The van der Waals surface area contributed by atoms with Gasteiger partial charge in [0.05, 0.1) is 15.7 Å². The van der Waals surface area contributed by atoms with E-state index in [4.69, 9.17) is 5.73 Å². The van der Waals surface area contributed by atoms with Gasteiger partial charge >= 0.3 is 0 Å². The first-order valence-electron chi connectivity index (χ1n) is 5.14. The molecule has 1 aromatic rings. The average Bonchev–Trinajstić information content (AvgIpc) is 2.69. The summed E-state index contributed by atoms with van der Waals surface area (Å²) in [5, 5.41) is 0.338. The molecule has 1 aliphatic rings. The molecule has 0 heterocycles. The maximum atomic E-state index is 12.2. The molecule has 1 fully saturated rings. The Bertz CT molecular complexity index is 388. The highest BCUT2D eigenvalue weighted by Crippen LogP contribution is 2.31. The monoisotopic (exact) mass is 287 g/mol. The lowest BCUT2D eigenvalue weighted by molar-refractivity contribution is 0.669. The Kier molecular flexibility index (Phi) is 3.46. The van der Waals surface area contributed by atoms with Crippen LogP contribution >= 0.6 is 15.9 Å². The topological polar surface area (TPSA) is 43.1 Å². The number of nitrogens with two attached hydrogens (primary N) is 1. The molecular weight excluding hydrogens is 274 g/mol. The summed E-state index contributed by atoms with van der Waals surface area (Å²) in [6, 6.07) is 5.50. The fourth-order valence-corrected chi connectivity index (χ4v) is 4.41. The number of anilines is 1. The highest BCUT2D eigenvalue weighted by Gasteiger charge is 2.23. The molecule has 0 saturated heterocycles. The van der Waals surface area contributed by atoms with E-state index in [0.717, 1.165) is 22.2 Å². The number of halogens is 1. The van der Waals surface area contributed by atoms with Crippen molar-refractivity contribution >= 4 is 32.4 Å². The second kappa shape index (κ2) is 4.66. The van der Waals surface area contributed by atoms with Crippen LogP contribution in [0.3, 0.4) is 0 Å². The summed E-state index contributed by atoms with van der Waals surface area (Å²) >= 11 is 3.42. The van der Waals surface area contributed by atoms with Gasteiger partial charge in [0.2, 0.25) is 0 Å². The first-order valence-corrected chi connectivity index (χ1v) is 7.14. The van der Waals surface area contributed by atoms with E-state index < -0.39 is 10.8 Å². The van der Waals surface area contributed by atoms with Crippen LogP contribution in [0, 0.1) is 0 Å². The van der Waals surface area contributed by atoms with Gasteiger partial charge in [-0.2, -0.15) is 0 Å². The van der Waals surface area contributed by atoms with E-state index in [1.165, 1.54) is 12.8 Å². The molecule has 82 valence electrons. The minimum atomic E-state index is -0.881. The van der Waals surface area contributed by atoms with Gasteiger partial charge in [0.1, 0.15) is 0 Å². The third kappa shape index (κ3) is 2.42. The largest absolute Gasteiger partial charge is 0.399 e. The predicted octanol–water partition coefficient (Wildman–Crippen LogP) is 3.08. The molecule has 1 atom stereocenters. The maximum absolute atomic E-state index is 12.2. The van der Waals surface area contributed by atoms with Crippen LogP contribution in [-0.4, -0.2) is 9.46 Å². The van der Waals surface area contributed by atoms with Crippen LogP contribution in [0.1, 0.15) is 25.7 Å². The molecule has 4 heteroatoms. The Labute approximate surface area is 101 Å². The van der Waals surface area contributed by atoms with Crippen LogP contribution < -0.4 is 5.73 Å². The number of rotatable bonds is 2. The lowest BCUT2D eigenvalue weighted by Crippen LogP contribution is -2.10. The summed E-state index contributed by atoms with van der Waals surface area (Å²) in [5.74, 6) is 0. The summed E-state index contributed by atoms with van der Waals surface area (Å²) in [6.45, 7) is 0. The third-order valence-corrected chi connectivity index (χ3v) is 5.56. The average molecular weight is 288 g/mol. The summed E-state index contributed by atoms with van der Waals surface area (Å²) in [7, 11) is -0.881. The lowest BCUT2D eigenvalue weighted by Gasteiger charge is -2.11. The number of hydrogen-bond acceptors (Lipinski definition) is 2. The number of benzene rings is 1. The molecule has 0 aliphatic heterocycles. The van der Waals surface area contributed by atoms with Crippen molar-refractivity contribution < 1.29 is 4.21 Å². The van der Waals surface area contributed by atoms with Gasteiger partial charge in [-0.25, -0.2) is 0 Å². The normalized spacial score (nSPS) is 19.3. The zero-order chi connectivity index (χ0) is 10.8. The van der Waals surface area contributed by atoms with Crippen molar-refractivity contribution in [1.29, 1.82) is 0 Å². The molecule has 0 radical (unpaired) electrons. The second-order valence-electron chi connectivity index (χ2n) is 3.89. The van der Waals surface area contributed by atoms with E-state index in [1.807, 2.05) is 18.2 Å². The van der Waals surface area contributed by atoms with Crippen molar-refractivity contribution in [2.75, 3.05) is 5.73 Å². The quantitative estimate of drug-likeness (QED) is 0.850. The van der Waals surface area contributed by atoms with E-state index >= 15 is 0 Å². The summed E-state index contributed by atoms with van der Waals surface area (Å²) < 4.78 is 13.1. The lowest BCUT2D eigenvalue weighted by atomic mass is 10.3. The summed E-state index contributed by atoms with van der Waals surface area (Å²) in [6.07, 6.45) is 4.60. The zero-order valence-corrected chi connectivity index (χ0v) is 10.8. The Hall–Kier alpha value is -0.350. The standard InChI is InChI=1S/C11H14BrNOS/c12-10-7-8(13)5-6-11(10)15(14)9-3-1-2-4-9/h5-7,9H,1-4,13H2. The minimum Gasteiger partial charge on any atom is -0.399 e. The molecule has 1 unspecified atom stereocenters. The van der Waals surface area contributed by atoms with Crippen molar-refractivity contribution in [1.82, 2.24) is 0 Å². The fraction of sp³-hybridized carbons (Fsp3) is 0.455. The van der Waals surface area contributed by atoms with Crippen molar-refractivity contribution in [3.8, 4) is 0 Å². The number of nitrogen functional groups attached to an aromatic ring is 1. The van der Waals surface area contributed by atoms with Crippen molar-refractivity contribution in [3.63, 3.8) is 0 Å². The third-order valence-electron chi connectivity index (χ3n) is 2.78. The molecule has 2 rings (SSSR count). The Morgan fingerprint density at radius 2 is 2.00 bits per heavy atom. The smallest absolute Gasteiger partial charge is 0.0572 e. The van der Waals surface area contributed by atoms with Crippen LogP contribution in [0.25, 0.3) is 0 Å². The highest BCUT2D eigenvalue weighted by molar-refractivity contribution is 9.10. The van der Waals surface area contributed by atoms with E-state index in [9.17, 15) is 4.21 Å². The van der Waals surface area contributed by atoms with Gasteiger partial charge < -0.3 is 5.73 Å². The molecule has 0 bridgehead atoms. The zero-order valence-electron chi connectivity index (χ0n) is 8.41. The molecule has 0 amide bonds. The van der Waals surface area contributed by atoms with Crippen LogP contribution in [-0.2, 0) is 10.8 Å². The van der Waals surface area contributed by atoms with Gasteiger partial charge in [0.15, 0.2) is 0 Å². The van der Waals surface area contributed by atoms with Gasteiger partial charge in [0.25, 0.3) is 0 Å². The molecule has 1 aliphatic carbocycles. The van der Waals surface area contributed by atoms with Crippen molar-refractivity contribution in [2.24, 2.45) is 0 Å². The first kappa shape index (κ1) is 11.1. The van der Waals surface area contributed by atoms with Crippen LogP contribution in [0.4, 0.5) is 5.69 Å². The van der Waals surface area contributed by atoms with Crippen LogP contribution in [0.2, 0.25) is 0 Å². The molecule has 15 heavy (non-hydrogen) atoms. The molecule has 1 aromatic carbocycles. The summed E-state index contributed by atoms with van der Waals surface area (Å²) in [4.78, 5) is 0.885. The molecule has 1 saturated carbocycles. The second-order valence-corrected chi connectivity index (χ2v) is 6.45. The Balaban J connectivity index is 2.24. The SMILES string of the molecule is Nc1ccc(S(=O)C2CCCC2)c(Br)c1. The van der Waals surface area contributed by atoms with Crippen LogP contribution in [0.15, 0.2) is 27.6 Å². The Morgan fingerprint density at radius 1 is 1.33 bits per heavy atom. The van der Waals surface area contributed by atoms with Gasteiger partial charge in [-0.05, 0) is 47.0 Å². The highest BCUT2D eigenvalue weighted by atomic mass is 79.9. The van der Waals surface area contributed by atoms with E-state index in [2.05, 4.69) is 15.9 Å². The summed E-state index contributed by atoms with van der Waals surface area (Å²) in [5.41, 5.74) is 6.35. The van der Waals surface area contributed by atoms with E-state index in [1.54, 1.807) is 0 Å². The molecule has 2 nitrogen and oxygen atoms in total. The van der Waals surface area contributed by atoms with Crippen LogP contribution in [0.5, 0.6) is 0 Å². The minimum absolute atomic E-state index is 0.338. The van der Waals surface area contributed by atoms with Gasteiger partial charge in [-0.15, -0.1) is 0 Å².